The van der Waals surface area contributed by atoms with Crippen LogP contribution < -0.4 is 5.32 Å². The van der Waals surface area contributed by atoms with Gasteiger partial charge < -0.3 is 10.2 Å². The molecule has 0 aromatic heterocycles. The van der Waals surface area contributed by atoms with Crippen molar-refractivity contribution in [3.8, 4) is 0 Å². The summed E-state index contributed by atoms with van der Waals surface area (Å²) in [4.78, 5) is 26.9. The number of carbonyl (C=O) groups excluding carboxylic acids is 2. The molecule has 2 aromatic rings. The molecular weight excluding hydrogens is 312 g/mol. The number of amides is 2. The topological polar surface area (TPSA) is 49.4 Å². The monoisotopic (exact) mass is 336 g/mol. The molecule has 0 aliphatic carbocycles. The second-order valence-corrected chi connectivity index (χ2v) is 6.91. The largest absolute Gasteiger partial charge is 0.350 e. The number of nitrogens with zero attached hydrogens (tertiary/aromatic N) is 1. The molecular formula is C21H24N2O2. The molecule has 1 aliphatic heterocycles. The molecule has 0 spiro atoms. The predicted molar refractivity (Wildman–Crippen MR) is 97.7 cm³/mol. The van der Waals surface area contributed by atoms with Crippen LogP contribution in [0.1, 0.15) is 36.5 Å². The minimum atomic E-state index is -0.795. The fourth-order valence-electron chi connectivity index (χ4n) is 3.24. The average Bonchev–Trinajstić information content (AvgIpc) is 2.92. The molecule has 0 unspecified atom stereocenters. The number of aryl methyl sites for hydroxylation is 1. The molecule has 2 aromatic carbocycles. The van der Waals surface area contributed by atoms with Gasteiger partial charge in [0.05, 0.1) is 0 Å². The van der Waals surface area contributed by atoms with Crippen molar-refractivity contribution < 1.29 is 9.59 Å². The molecule has 130 valence electrons. The van der Waals surface area contributed by atoms with Gasteiger partial charge >= 0.3 is 0 Å². The second kappa shape index (κ2) is 7.09. The molecule has 0 saturated carbocycles. The first-order valence-corrected chi connectivity index (χ1v) is 8.67. The Balaban J connectivity index is 1.71. The molecule has 0 bridgehead atoms. The van der Waals surface area contributed by atoms with Crippen molar-refractivity contribution in [1.29, 1.82) is 0 Å². The lowest BCUT2D eigenvalue weighted by atomic mass is 9.96. The van der Waals surface area contributed by atoms with E-state index in [9.17, 15) is 9.59 Å². The summed E-state index contributed by atoms with van der Waals surface area (Å²) >= 11 is 0. The fourth-order valence-corrected chi connectivity index (χ4v) is 3.24. The third-order valence-corrected chi connectivity index (χ3v) is 4.97. The summed E-state index contributed by atoms with van der Waals surface area (Å²) < 4.78 is 0. The Morgan fingerprint density at radius 3 is 2.44 bits per heavy atom. The summed E-state index contributed by atoms with van der Waals surface area (Å²) in [6, 6.07) is 17.9. The van der Waals surface area contributed by atoms with Gasteiger partial charge in [0.25, 0.3) is 0 Å². The Kier molecular flexibility index (Phi) is 4.88. The first-order chi connectivity index (χ1) is 12.0. The van der Waals surface area contributed by atoms with Crippen LogP contribution in [0.2, 0.25) is 0 Å². The van der Waals surface area contributed by atoms with Crippen LogP contribution in [0.15, 0.2) is 54.6 Å². The number of likely N-dealkylation sites (tertiary alicyclic amines) is 1. The number of nitrogens with one attached hydrogen (secondary N) is 1. The normalized spacial score (nSPS) is 19.9. The fraction of sp³-hybridized carbons (Fsp3) is 0.333. The highest BCUT2D eigenvalue weighted by molar-refractivity contribution is 5.94. The van der Waals surface area contributed by atoms with Crippen molar-refractivity contribution in [2.24, 2.45) is 0 Å². The minimum absolute atomic E-state index is 0.0398. The number of hydrogen-bond acceptors (Lipinski definition) is 2. The van der Waals surface area contributed by atoms with E-state index < -0.39 is 5.54 Å². The van der Waals surface area contributed by atoms with Gasteiger partial charge in [0, 0.05) is 19.5 Å². The van der Waals surface area contributed by atoms with Gasteiger partial charge in [0.1, 0.15) is 5.54 Å². The van der Waals surface area contributed by atoms with E-state index in [0.29, 0.717) is 25.9 Å². The highest BCUT2D eigenvalue weighted by Gasteiger charge is 2.46. The maximum absolute atomic E-state index is 12.8. The van der Waals surface area contributed by atoms with E-state index in [1.807, 2.05) is 68.4 Å². The SMILES string of the molecule is Cc1ccc(CN2C(=O)CC[C@]2(C)C(=O)NCc2ccccc2)cc1. The summed E-state index contributed by atoms with van der Waals surface area (Å²) in [6.07, 6.45) is 0.972. The summed E-state index contributed by atoms with van der Waals surface area (Å²) in [7, 11) is 0. The number of benzene rings is 2. The molecule has 0 radical (unpaired) electrons. The Bertz CT molecular complexity index is 755. The van der Waals surface area contributed by atoms with E-state index >= 15 is 0 Å². The van der Waals surface area contributed by atoms with Crippen LogP contribution >= 0.6 is 0 Å². The molecule has 2 amide bonds. The molecule has 4 nitrogen and oxygen atoms in total. The van der Waals surface area contributed by atoms with Gasteiger partial charge in [0.15, 0.2) is 0 Å². The van der Waals surface area contributed by atoms with Gasteiger partial charge in [-0.25, -0.2) is 0 Å². The molecule has 1 heterocycles. The third-order valence-electron chi connectivity index (χ3n) is 4.97. The van der Waals surface area contributed by atoms with Gasteiger partial charge in [-0.2, -0.15) is 0 Å². The van der Waals surface area contributed by atoms with Crippen LogP contribution in [-0.4, -0.2) is 22.3 Å². The minimum Gasteiger partial charge on any atom is -0.350 e. The van der Waals surface area contributed by atoms with Crippen molar-refractivity contribution in [2.75, 3.05) is 0 Å². The van der Waals surface area contributed by atoms with E-state index in [1.54, 1.807) is 4.90 Å². The highest BCUT2D eigenvalue weighted by atomic mass is 16.2. The highest BCUT2D eigenvalue weighted by Crippen LogP contribution is 2.32. The van der Waals surface area contributed by atoms with Gasteiger partial charge in [0.2, 0.25) is 11.8 Å². The molecule has 3 rings (SSSR count). The van der Waals surface area contributed by atoms with E-state index in [2.05, 4.69) is 5.32 Å². The number of rotatable bonds is 5. The Morgan fingerprint density at radius 2 is 1.76 bits per heavy atom. The average molecular weight is 336 g/mol. The lowest BCUT2D eigenvalue weighted by Crippen LogP contribution is -2.53. The molecule has 4 heteroatoms. The molecule has 1 N–H and O–H groups in total. The van der Waals surface area contributed by atoms with Gasteiger partial charge in [-0.3, -0.25) is 9.59 Å². The van der Waals surface area contributed by atoms with Crippen molar-refractivity contribution in [1.82, 2.24) is 10.2 Å². The summed E-state index contributed by atoms with van der Waals surface area (Å²) in [5.74, 6) is -0.0488. The van der Waals surface area contributed by atoms with E-state index in [4.69, 9.17) is 0 Å². The Hall–Kier alpha value is -2.62. The Morgan fingerprint density at radius 1 is 1.08 bits per heavy atom. The van der Waals surface area contributed by atoms with Crippen molar-refractivity contribution in [3.05, 3.63) is 71.3 Å². The van der Waals surface area contributed by atoms with E-state index in [1.165, 1.54) is 5.56 Å². The maximum atomic E-state index is 12.8. The standard InChI is InChI=1S/C21H24N2O2/c1-16-8-10-18(11-9-16)15-23-19(24)12-13-21(23,2)20(25)22-14-17-6-4-3-5-7-17/h3-11H,12-15H2,1-2H3,(H,22,25)/t21-/m1/s1. The maximum Gasteiger partial charge on any atom is 0.245 e. The zero-order chi connectivity index (χ0) is 17.9. The van der Waals surface area contributed by atoms with Gasteiger partial charge in [-0.15, -0.1) is 0 Å². The second-order valence-electron chi connectivity index (χ2n) is 6.91. The Labute approximate surface area is 148 Å². The van der Waals surface area contributed by atoms with Crippen LogP contribution in [0.5, 0.6) is 0 Å². The quantitative estimate of drug-likeness (QED) is 0.911. The smallest absolute Gasteiger partial charge is 0.245 e. The van der Waals surface area contributed by atoms with Crippen LogP contribution in [0.3, 0.4) is 0 Å². The summed E-state index contributed by atoms with van der Waals surface area (Å²) in [5.41, 5.74) is 2.48. The van der Waals surface area contributed by atoms with Crippen LogP contribution in [-0.2, 0) is 22.7 Å². The summed E-state index contributed by atoms with van der Waals surface area (Å²) in [6.45, 7) is 4.84. The molecule has 1 saturated heterocycles. The van der Waals surface area contributed by atoms with Crippen molar-refractivity contribution in [2.45, 2.75) is 45.3 Å². The molecule has 1 aliphatic rings. The van der Waals surface area contributed by atoms with E-state index in [-0.39, 0.29) is 11.8 Å². The number of hydrogen-bond donors (Lipinski definition) is 1. The predicted octanol–water partition coefficient (Wildman–Crippen LogP) is 3.19. The zero-order valence-electron chi connectivity index (χ0n) is 14.8. The van der Waals surface area contributed by atoms with Crippen LogP contribution in [0.25, 0.3) is 0 Å². The molecule has 25 heavy (non-hydrogen) atoms. The number of carbonyl (C=O) groups is 2. The van der Waals surface area contributed by atoms with Crippen LogP contribution in [0.4, 0.5) is 0 Å². The van der Waals surface area contributed by atoms with Gasteiger partial charge in [-0.1, -0.05) is 60.2 Å². The van der Waals surface area contributed by atoms with Crippen molar-refractivity contribution in [3.63, 3.8) is 0 Å². The van der Waals surface area contributed by atoms with E-state index in [0.717, 1.165) is 11.1 Å². The first kappa shape index (κ1) is 17.2. The van der Waals surface area contributed by atoms with Gasteiger partial charge in [-0.05, 0) is 31.4 Å². The lowest BCUT2D eigenvalue weighted by Gasteiger charge is -2.34. The molecule has 1 atom stereocenters. The van der Waals surface area contributed by atoms with Crippen molar-refractivity contribution >= 4 is 11.8 Å². The first-order valence-electron chi connectivity index (χ1n) is 8.67. The summed E-state index contributed by atoms with van der Waals surface area (Å²) in [5, 5.41) is 2.99. The lowest BCUT2D eigenvalue weighted by molar-refractivity contribution is -0.141. The zero-order valence-corrected chi connectivity index (χ0v) is 14.8. The third kappa shape index (κ3) is 3.73. The van der Waals surface area contributed by atoms with Crippen LogP contribution in [0, 0.1) is 6.92 Å². The molecule has 1 fully saturated rings.